The Morgan fingerprint density at radius 3 is 1.12 bits per heavy atom. The third-order valence-electron chi connectivity index (χ3n) is 9.24. The molecule has 0 aromatic carbocycles. The summed E-state index contributed by atoms with van der Waals surface area (Å²) in [6.45, 7) is 1.82. The van der Waals surface area contributed by atoms with Crippen LogP contribution in [-0.4, -0.2) is 169 Å². The quantitative estimate of drug-likeness (QED) is 0.0291. The van der Waals surface area contributed by atoms with Crippen LogP contribution in [0, 0.1) is 5.92 Å². The Bertz CT molecular complexity index is 1850. The maximum absolute atomic E-state index is 13.7. The van der Waals surface area contributed by atoms with Crippen molar-refractivity contribution in [2.45, 2.75) is 126 Å². The van der Waals surface area contributed by atoms with E-state index in [4.69, 9.17) is 22.3 Å². The molecule has 0 aromatic heterocycles. The van der Waals surface area contributed by atoms with E-state index in [0.29, 0.717) is 0 Å². The van der Waals surface area contributed by atoms with Gasteiger partial charge >= 0.3 is 29.8 Å². The fourth-order valence-corrected chi connectivity index (χ4v) is 5.48. The van der Waals surface area contributed by atoms with Gasteiger partial charge in [0.05, 0.1) is 31.9 Å². The van der Waals surface area contributed by atoms with Crippen molar-refractivity contribution in [3.05, 3.63) is 0 Å². The minimum Gasteiger partial charge on any atom is -0.481 e. The summed E-state index contributed by atoms with van der Waals surface area (Å²) in [5.41, 5.74) is 15.9. The molecule has 30 heteroatoms. The minimum atomic E-state index is -2.01. The van der Waals surface area contributed by atoms with E-state index >= 15 is 0 Å². The molecule has 9 amide bonds. The lowest BCUT2D eigenvalue weighted by molar-refractivity contribution is -0.144. The van der Waals surface area contributed by atoms with Gasteiger partial charge in [0, 0.05) is 19.3 Å². The molecule has 370 valence electrons. The molecule has 0 radical (unpaired) electrons. The molecule has 0 aliphatic rings. The first kappa shape index (κ1) is 58.5. The summed E-state index contributed by atoms with van der Waals surface area (Å²) >= 11 is 0. The third-order valence-corrected chi connectivity index (χ3v) is 9.24. The maximum atomic E-state index is 13.7. The van der Waals surface area contributed by atoms with Crippen LogP contribution >= 0.6 is 0 Å². The standard InChI is InChI=1S/C36H56N10O20/c1-3-14(2)28(35(64)44-20(12-27(56)57)33(62)45-21(13-47)36(65)66)46-34(63)19(11-23(39)49)43-32(61)18(6-9-26(54)55)42-31(60)17(5-8-25(52)53)41-30(59)16(4-7-24(50)51)40-29(58)15(37)10-22(38)48/h14-21,28,47H,3-13,37H2,1-2H3,(H2,38,48)(H2,39,49)(H,40,58)(H,41,59)(H,42,60)(H,43,61)(H,44,64)(H,45,62)(H,46,63)(H,50,51)(H,52,53)(H,54,55)(H,56,57)(H,65,66)/t14-,15-,16-,17-,18-,19-,20-,21-,28-/m0/s1. The summed E-state index contributed by atoms with van der Waals surface area (Å²) in [6, 6.07) is -14.8. The fourth-order valence-electron chi connectivity index (χ4n) is 5.48. The van der Waals surface area contributed by atoms with Gasteiger partial charge in [-0.2, -0.15) is 0 Å². The van der Waals surface area contributed by atoms with Crippen LogP contribution in [0.25, 0.3) is 0 Å². The number of primary amides is 2. The molecule has 0 unspecified atom stereocenters. The summed E-state index contributed by atoms with van der Waals surface area (Å²) in [4.78, 5) is 174. The summed E-state index contributed by atoms with van der Waals surface area (Å²) < 4.78 is 0. The zero-order valence-electron chi connectivity index (χ0n) is 35.6. The molecule has 0 heterocycles. The Morgan fingerprint density at radius 1 is 0.439 bits per heavy atom. The first-order chi connectivity index (χ1) is 30.6. The molecule has 0 aliphatic carbocycles. The molecule has 0 aromatic rings. The highest BCUT2D eigenvalue weighted by molar-refractivity contribution is 5.99. The van der Waals surface area contributed by atoms with Gasteiger partial charge in [-0.15, -0.1) is 0 Å². The van der Waals surface area contributed by atoms with E-state index in [1.165, 1.54) is 13.8 Å². The summed E-state index contributed by atoms with van der Waals surface area (Å²) in [5.74, 6) is -20.0. The van der Waals surface area contributed by atoms with Crippen LogP contribution in [0.3, 0.4) is 0 Å². The molecular formula is C36H56N10O20. The van der Waals surface area contributed by atoms with Crippen molar-refractivity contribution in [3.63, 3.8) is 0 Å². The second-order valence-corrected chi connectivity index (χ2v) is 14.6. The molecule has 0 fully saturated rings. The van der Waals surface area contributed by atoms with E-state index in [2.05, 4.69) is 31.9 Å². The molecule has 0 rings (SSSR count). The smallest absolute Gasteiger partial charge is 0.328 e. The predicted molar refractivity (Wildman–Crippen MR) is 216 cm³/mol. The van der Waals surface area contributed by atoms with Crippen LogP contribution < -0.4 is 54.4 Å². The van der Waals surface area contributed by atoms with Gasteiger partial charge in [0.2, 0.25) is 53.2 Å². The highest BCUT2D eigenvalue weighted by Gasteiger charge is 2.37. The number of carboxylic acid groups (broad SMARTS) is 5. The SMILES string of the molecule is CC[C@H](C)[C@H](NC(=O)[C@H](CC(N)=O)NC(=O)[C@H](CCC(=O)O)NC(=O)[C@H](CCC(=O)O)NC(=O)[C@H](CCC(=O)O)NC(=O)[C@@H](N)CC(N)=O)C(=O)N[C@@H](CC(=O)O)C(=O)N[C@@H](CO)C(=O)O. The Balaban J connectivity index is 6.73. The van der Waals surface area contributed by atoms with E-state index in [9.17, 15) is 92.7 Å². The summed E-state index contributed by atoms with van der Waals surface area (Å²) in [6.07, 6.45) is -7.31. The monoisotopic (exact) mass is 948 g/mol. The fraction of sp³-hybridized carbons (Fsp3) is 0.611. The molecule has 0 saturated heterocycles. The molecule has 0 aliphatic heterocycles. The van der Waals surface area contributed by atoms with Gasteiger partial charge in [-0.1, -0.05) is 20.3 Å². The van der Waals surface area contributed by atoms with Crippen LogP contribution in [0.2, 0.25) is 0 Å². The van der Waals surface area contributed by atoms with Gasteiger partial charge < -0.3 is 85.1 Å². The highest BCUT2D eigenvalue weighted by Crippen LogP contribution is 2.12. The average Bonchev–Trinajstić information content (AvgIpc) is 3.20. The molecular weight excluding hydrogens is 892 g/mol. The van der Waals surface area contributed by atoms with Crippen molar-refractivity contribution in [3.8, 4) is 0 Å². The number of amides is 9. The van der Waals surface area contributed by atoms with Crippen molar-refractivity contribution in [1.29, 1.82) is 0 Å². The number of rotatable bonds is 33. The highest BCUT2D eigenvalue weighted by atomic mass is 16.4. The number of hydrogen-bond acceptors (Lipinski definition) is 16. The first-order valence-corrected chi connectivity index (χ1v) is 19.8. The average molecular weight is 949 g/mol. The molecule has 30 nitrogen and oxygen atoms in total. The van der Waals surface area contributed by atoms with Crippen molar-refractivity contribution < 1.29 is 97.8 Å². The van der Waals surface area contributed by atoms with Crippen LogP contribution in [-0.2, 0) is 67.1 Å². The number of nitrogens with two attached hydrogens (primary N) is 3. The Kier molecular flexibility index (Phi) is 25.7. The van der Waals surface area contributed by atoms with E-state index in [1.807, 2.05) is 5.32 Å². The zero-order chi connectivity index (χ0) is 51.0. The lowest BCUT2D eigenvalue weighted by atomic mass is 9.97. The van der Waals surface area contributed by atoms with Gasteiger partial charge in [-0.3, -0.25) is 62.3 Å². The number of carbonyl (C=O) groups excluding carboxylic acids is 9. The van der Waals surface area contributed by atoms with Crippen LogP contribution in [0.1, 0.15) is 78.1 Å². The van der Waals surface area contributed by atoms with Crippen molar-refractivity contribution >= 4 is 83.0 Å². The molecule has 9 atom stereocenters. The Labute approximate surface area is 373 Å². The number of hydrogen-bond donors (Lipinski definition) is 16. The lowest BCUT2D eigenvalue weighted by Gasteiger charge is -2.29. The summed E-state index contributed by atoms with van der Waals surface area (Å²) in [5, 5.41) is 70.1. The molecule has 0 bridgehead atoms. The van der Waals surface area contributed by atoms with Gasteiger partial charge in [0.15, 0.2) is 0 Å². The number of carbonyl (C=O) groups is 14. The second kappa shape index (κ2) is 29.0. The maximum Gasteiger partial charge on any atom is 0.328 e. The minimum absolute atomic E-state index is 0.102. The van der Waals surface area contributed by atoms with E-state index in [1.54, 1.807) is 0 Å². The number of aliphatic hydroxyl groups is 1. The van der Waals surface area contributed by atoms with E-state index in [-0.39, 0.29) is 6.42 Å². The first-order valence-electron chi connectivity index (χ1n) is 19.8. The molecule has 66 heavy (non-hydrogen) atoms. The number of aliphatic hydroxyl groups excluding tert-OH is 1. The number of carboxylic acids is 5. The number of aliphatic carboxylic acids is 5. The normalized spacial score (nSPS) is 14.8. The van der Waals surface area contributed by atoms with Gasteiger partial charge in [0.1, 0.15) is 42.3 Å². The molecule has 0 spiro atoms. The lowest BCUT2D eigenvalue weighted by Crippen LogP contribution is -2.61. The predicted octanol–water partition coefficient (Wildman–Crippen LogP) is -7.35. The van der Waals surface area contributed by atoms with Gasteiger partial charge in [-0.05, 0) is 25.2 Å². The largest absolute Gasteiger partial charge is 0.481 e. The van der Waals surface area contributed by atoms with E-state index in [0.717, 1.165) is 0 Å². The van der Waals surface area contributed by atoms with Crippen LogP contribution in [0.15, 0.2) is 0 Å². The Hall–Kier alpha value is -7.50. The summed E-state index contributed by atoms with van der Waals surface area (Å²) in [7, 11) is 0. The van der Waals surface area contributed by atoms with Crippen molar-refractivity contribution in [2.75, 3.05) is 6.61 Å². The van der Waals surface area contributed by atoms with E-state index < -0.39 is 202 Å². The number of nitrogens with one attached hydrogen (secondary N) is 7. The second-order valence-electron chi connectivity index (χ2n) is 14.6. The van der Waals surface area contributed by atoms with Crippen LogP contribution in [0.5, 0.6) is 0 Å². The van der Waals surface area contributed by atoms with Crippen molar-refractivity contribution in [2.24, 2.45) is 23.1 Å². The topological polar surface area (TPSA) is 523 Å². The molecule has 0 saturated carbocycles. The van der Waals surface area contributed by atoms with Crippen molar-refractivity contribution in [1.82, 2.24) is 37.2 Å². The zero-order valence-corrected chi connectivity index (χ0v) is 35.6. The Morgan fingerprint density at radius 2 is 0.773 bits per heavy atom. The van der Waals surface area contributed by atoms with Crippen LogP contribution in [0.4, 0.5) is 0 Å². The molecule has 19 N–H and O–H groups in total. The van der Waals surface area contributed by atoms with Gasteiger partial charge in [-0.25, -0.2) is 4.79 Å². The van der Waals surface area contributed by atoms with Gasteiger partial charge in [0.25, 0.3) is 0 Å². The third kappa shape index (κ3) is 22.7.